The number of nitrogens with zero attached hydrogens (tertiary/aromatic N) is 1. The van der Waals surface area contributed by atoms with Gasteiger partial charge < -0.3 is 9.72 Å². The summed E-state index contributed by atoms with van der Waals surface area (Å²) >= 11 is 9.66. The van der Waals surface area contributed by atoms with Crippen molar-refractivity contribution in [3.05, 3.63) is 57.5 Å². The van der Waals surface area contributed by atoms with Gasteiger partial charge in [0.25, 0.3) is 0 Å². The maximum Gasteiger partial charge on any atom is 0.345 e. The molecular weight excluding hydrogens is 368 g/mol. The zero-order valence-corrected chi connectivity index (χ0v) is 14.0. The van der Waals surface area contributed by atoms with Crippen LogP contribution in [0, 0.1) is 0 Å². The number of ether oxygens (including phenoxy) is 1. The van der Waals surface area contributed by atoms with Crippen molar-refractivity contribution in [3.63, 3.8) is 0 Å². The van der Waals surface area contributed by atoms with Gasteiger partial charge in [0.05, 0.1) is 18.3 Å². The standard InChI is InChI=1S/C16H12BrClN2O2/c1-22-14-7-9(18)6-11(12(14)8-17)15-10-4-2-3-5-13(10)19-16(21)20-15/h2-7H,8H2,1H3,(H,19,20,21). The third-order valence-electron chi connectivity index (χ3n) is 3.42. The molecular formula is C16H12BrClN2O2. The van der Waals surface area contributed by atoms with E-state index in [0.29, 0.717) is 21.8 Å². The molecule has 112 valence electrons. The van der Waals surface area contributed by atoms with Crippen molar-refractivity contribution < 1.29 is 4.74 Å². The maximum atomic E-state index is 11.9. The fourth-order valence-electron chi connectivity index (χ4n) is 2.45. The molecule has 0 saturated heterocycles. The summed E-state index contributed by atoms with van der Waals surface area (Å²) in [6, 6.07) is 11.1. The van der Waals surface area contributed by atoms with Crippen molar-refractivity contribution in [2.24, 2.45) is 0 Å². The molecule has 0 fully saturated rings. The quantitative estimate of drug-likeness (QED) is 0.696. The van der Waals surface area contributed by atoms with E-state index in [0.717, 1.165) is 22.0 Å². The van der Waals surface area contributed by atoms with Gasteiger partial charge in [-0.3, -0.25) is 0 Å². The van der Waals surface area contributed by atoms with Gasteiger partial charge in [0.15, 0.2) is 0 Å². The summed E-state index contributed by atoms with van der Waals surface area (Å²) in [6.07, 6.45) is 0. The number of alkyl halides is 1. The second-order valence-electron chi connectivity index (χ2n) is 4.70. The number of benzene rings is 2. The molecule has 0 saturated carbocycles. The highest BCUT2D eigenvalue weighted by molar-refractivity contribution is 9.08. The predicted octanol–water partition coefficient (Wildman–Crippen LogP) is 4.15. The Kier molecular flexibility index (Phi) is 4.18. The minimum absolute atomic E-state index is 0.395. The second kappa shape index (κ2) is 6.10. The fourth-order valence-corrected chi connectivity index (χ4v) is 3.24. The number of hydrogen-bond donors (Lipinski definition) is 1. The van der Waals surface area contributed by atoms with E-state index in [4.69, 9.17) is 16.3 Å². The highest BCUT2D eigenvalue weighted by Crippen LogP contribution is 2.36. The lowest BCUT2D eigenvalue weighted by atomic mass is 10.0. The number of hydrogen-bond acceptors (Lipinski definition) is 3. The molecule has 1 N–H and O–H groups in total. The number of para-hydroxylation sites is 1. The Morgan fingerprint density at radius 3 is 2.82 bits per heavy atom. The van der Waals surface area contributed by atoms with Crippen molar-refractivity contribution in [1.29, 1.82) is 0 Å². The lowest BCUT2D eigenvalue weighted by molar-refractivity contribution is 0.411. The van der Waals surface area contributed by atoms with E-state index in [1.165, 1.54) is 0 Å². The molecule has 0 aliphatic carbocycles. The van der Waals surface area contributed by atoms with Gasteiger partial charge in [0.2, 0.25) is 0 Å². The van der Waals surface area contributed by atoms with Crippen LogP contribution in [-0.4, -0.2) is 17.1 Å². The Bertz CT molecular complexity index is 908. The third kappa shape index (κ3) is 2.62. The number of aromatic amines is 1. The Labute approximate surface area is 140 Å². The van der Waals surface area contributed by atoms with Gasteiger partial charge in [-0.1, -0.05) is 45.7 Å². The first-order valence-electron chi connectivity index (χ1n) is 6.56. The molecule has 22 heavy (non-hydrogen) atoms. The molecule has 0 radical (unpaired) electrons. The molecule has 0 atom stereocenters. The smallest absolute Gasteiger partial charge is 0.345 e. The lowest BCUT2D eigenvalue weighted by Crippen LogP contribution is -2.12. The third-order valence-corrected chi connectivity index (χ3v) is 4.20. The molecule has 3 rings (SSSR count). The first-order chi connectivity index (χ1) is 10.6. The summed E-state index contributed by atoms with van der Waals surface area (Å²) < 4.78 is 5.39. The Hall–Kier alpha value is -1.85. The summed E-state index contributed by atoms with van der Waals surface area (Å²) in [7, 11) is 1.59. The number of methoxy groups -OCH3 is 1. The molecule has 2 aromatic carbocycles. The SMILES string of the molecule is COc1cc(Cl)cc(-c2nc(=O)[nH]c3ccccc23)c1CBr. The molecule has 6 heteroatoms. The predicted molar refractivity (Wildman–Crippen MR) is 92.0 cm³/mol. The maximum absolute atomic E-state index is 11.9. The molecule has 0 bridgehead atoms. The average Bonchev–Trinajstić information content (AvgIpc) is 2.53. The minimum atomic E-state index is -0.395. The second-order valence-corrected chi connectivity index (χ2v) is 5.70. The van der Waals surface area contributed by atoms with Gasteiger partial charge in [-0.05, 0) is 18.2 Å². The first kappa shape index (κ1) is 15.1. The van der Waals surface area contributed by atoms with E-state index in [1.807, 2.05) is 24.3 Å². The fraction of sp³-hybridized carbons (Fsp3) is 0.125. The van der Waals surface area contributed by atoms with Gasteiger partial charge in [0, 0.05) is 26.9 Å². The van der Waals surface area contributed by atoms with Crippen LogP contribution in [0.4, 0.5) is 0 Å². The molecule has 0 spiro atoms. The van der Waals surface area contributed by atoms with Gasteiger partial charge >= 0.3 is 5.69 Å². The van der Waals surface area contributed by atoms with Crippen molar-refractivity contribution in [2.75, 3.05) is 7.11 Å². The summed E-state index contributed by atoms with van der Waals surface area (Å²) in [6.45, 7) is 0. The number of fused-ring (bicyclic) bond motifs is 1. The number of rotatable bonds is 3. The van der Waals surface area contributed by atoms with E-state index < -0.39 is 5.69 Å². The molecule has 0 amide bonds. The van der Waals surface area contributed by atoms with Crippen molar-refractivity contribution in [2.45, 2.75) is 5.33 Å². The molecule has 0 aliphatic rings. The van der Waals surface area contributed by atoms with Crippen LogP contribution in [0.3, 0.4) is 0 Å². The topological polar surface area (TPSA) is 55.0 Å². The van der Waals surface area contributed by atoms with Gasteiger partial charge in [-0.2, -0.15) is 4.98 Å². The monoisotopic (exact) mass is 378 g/mol. The van der Waals surface area contributed by atoms with E-state index in [2.05, 4.69) is 25.9 Å². The van der Waals surface area contributed by atoms with Crippen LogP contribution in [0.25, 0.3) is 22.2 Å². The summed E-state index contributed by atoms with van der Waals surface area (Å²) in [4.78, 5) is 18.8. The van der Waals surface area contributed by atoms with Crippen LogP contribution in [0.2, 0.25) is 5.02 Å². The van der Waals surface area contributed by atoms with Crippen LogP contribution < -0.4 is 10.4 Å². The van der Waals surface area contributed by atoms with Gasteiger partial charge in [-0.25, -0.2) is 4.79 Å². The highest BCUT2D eigenvalue weighted by atomic mass is 79.9. The zero-order valence-electron chi connectivity index (χ0n) is 11.7. The van der Waals surface area contributed by atoms with Crippen LogP contribution in [0.15, 0.2) is 41.2 Å². The zero-order chi connectivity index (χ0) is 15.7. The number of nitrogens with one attached hydrogen (secondary N) is 1. The van der Waals surface area contributed by atoms with Crippen molar-refractivity contribution in [3.8, 4) is 17.0 Å². The van der Waals surface area contributed by atoms with Crippen LogP contribution >= 0.6 is 27.5 Å². The lowest BCUT2D eigenvalue weighted by Gasteiger charge is -2.14. The summed E-state index contributed by atoms with van der Waals surface area (Å²) in [5.74, 6) is 0.658. The molecule has 4 nitrogen and oxygen atoms in total. The van der Waals surface area contributed by atoms with Gasteiger partial charge in [-0.15, -0.1) is 0 Å². The molecule has 0 unspecified atom stereocenters. The van der Waals surface area contributed by atoms with E-state index >= 15 is 0 Å². The highest BCUT2D eigenvalue weighted by Gasteiger charge is 2.16. The minimum Gasteiger partial charge on any atom is -0.496 e. The summed E-state index contributed by atoms with van der Waals surface area (Å²) in [5.41, 5.74) is 2.61. The number of halogens is 2. The van der Waals surface area contributed by atoms with Gasteiger partial charge in [0.1, 0.15) is 5.75 Å². The number of aromatic nitrogens is 2. The Balaban J connectivity index is 2.41. The molecule has 1 heterocycles. The normalized spacial score (nSPS) is 10.9. The molecule has 3 aromatic rings. The largest absolute Gasteiger partial charge is 0.496 e. The van der Waals surface area contributed by atoms with E-state index in [1.54, 1.807) is 19.2 Å². The average molecular weight is 380 g/mol. The Morgan fingerprint density at radius 1 is 1.32 bits per heavy atom. The van der Waals surface area contributed by atoms with Crippen molar-refractivity contribution >= 4 is 38.4 Å². The number of H-pyrrole nitrogens is 1. The van der Waals surface area contributed by atoms with Crippen LogP contribution in [0.5, 0.6) is 5.75 Å². The first-order valence-corrected chi connectivity index (χ1v) is 8.05. The van der Waals surface area contributed by atoms with Crippen LogP contribution in [-0.2, 0) is 5.33 Å². The van der Waals surface area contributed by atoms with E-state index in [9.17, 15) is 4.79 Å². The van der Waals surface area contributed by atoms with Crippen LogP contribution in [0.1, 0.15) is 5.56 Å². The van der Waals surface area contributed by atoms with Crippen molar-refractivity contribution in [1.82, 2.24) is 9.97 Å². The van der Waals surface area contributed by atoms with E-state index in [-0.39, 0.29) is 0 Å². The molecule has 1 aromatic heterocycles. The molecule has 0 aliphatic heterocycles. The summed E-state index contributed by atoms with van der Waals surface area (Å²) in [5, 5.41) is 1.95. The Morgan fingerprint density at radius 2 is 2.09 bits per heavy atom.